The van der Waals surface area contributed by atoms with Crippen molar-refractivity contribution in [3.8, 4) is 0 Å². The molecule has 166 valence electrons. The van der Waals surface area contributed by atoms with E-state index in [1.807, 2.05) is 13.8 Å². The van der Waals surface area contributed by atoms with Gasteiger partial charge in [0.25, 0.3) is 0 Å². The first-order valence-electron chi connectivity index (χ1n) is 12.3. The van der Waals surface area contributed by atoms with Crippen molar-refractivity contribution in [2.75, 3.05) is 0 Å². The highest BCUT2D eigenvalue weighted by Crippen LogP contribution is 2.68. The van der Waals surface area contributed by atoms with E-state index in [9.17, 15) is 9.90 Å². The Bertz CT molecular complexity index is 805. The summed E-state index contributed by atoms with van der Waals surface area (Å²) in [6, 6.07) is -0.271. The van der Waals surface area contributed by atoms with E-state index in [0.717, 1.165) is 31.1 Å². The predicted molar refractivity (Wildman–Crippen MR) is 116 cm³/mol. The van der Waals surface area contributed by atoms with Crippen molar-refractivity contribution in [2.45, 2.75) is 97.1 Å². The first kappa shape index (κ1) is 20.7. The van der Waals surface area contributed by atoms with Gasteiger partial charge in [0.15, 0.2) is 5.78 Å². The van der Waals surface area contributed by atoms with Gasteiger partial charge in [-0.15, -0.1) is 0 Å². The maximum atomic E-state index is 13.5. The summed E-state index contributed by atoms with van der Waals surface area (Å²) in [4.78, 5) is 15.1. The highest BCUT2D eigenvalue weighted by atomic mass is 16.3. The van der Waals surface area contributed by atoms with Crippen LogP contribution in [0.4, 0.5) is 0 Å². The van der Waals surface area contributed by atoms with Gasteiger partial charge >= 0.3 is 0 Å². The molecule has 0 amide bonds. The van der Waals surface area contributed by atoms with Crippen LogP contribution >= 0.6 is 0 Å². The molecule has 0 aliphatic heterocycles. The van der Waals surface area contributed by atoms with Crippen LogP contribution in [0.5, 0.6) is 0 Å². The van der Waals surface area contributed by atoms with Gasteiger partial charge in [0, 0.05) is 5.92 Å². The summed E-state index contributed by atoms with van der Waals surface area (Å²) >= 11 is 0. The second-order valence-corrected chi connectivity index (χ2v) is 12.0. The van der Waals surface area contributed by atoms with E-state index in [2.05, 4.69) is 24.0 Å². The van der Waals surface area contributed by atoms with Gasteiger partial charge in [0.1, 0.15) is 6.04 Å². The summed E-state index contributed by atoms with van der Waals surface area (Å²) in [7, 11) is 0. The molecule has 0 bridgehead atoms. The van der Waals surface area contributed by atoms with Crippen LogP contribution < -0.4 is 0 Å². The second kappa shape index (κ2) is 6.88. The van der Waals surface area contributed by atoms with Gasteiger partial charge in [-0.05, 0) is 106 Å². The van der Waals surface area contributed by atoms with Crippen LogP contribution in [0.1, 0.15) is 91.5 Å². The van der Waals surface area contributed by atoms with Crippen LogP contribution in [-0.4, -0.2) is 31.5 Å². The summed E-state index contributed by atoms with van der Waals surface area (Å²) in [5.74, 6) is 3.33. The monoisotopic (exact) mass is 413 g/mol. The maximum absolute atomic E-state index is 13.5. The number of rotatable bonds is 3. The van der Waals surface area contributed by atoms with Crippen molar-refractivity contribution in [2.24, 2.45) is 40.4 Å². The molecule has 1 aromatic heterocycles. The van der Waals surface area contributed by atoms with E-state index >= 15 is 0 Å². The minimum absolute atomic E-state index is 0.128. The molecule has 1 unspecified atom stereocenters. The minimum atomic E-state index is -0.470. The highest BCUT2D eigenvalue weighted by Gasteiger charge is 2.62. The number of Topliss-reactive ketones (excluding diaryl/α,β-unsaturated/α-hetero) is 1. The lowest BCUT2D eigenvalue weighted by Gasteiger charge is -2.61. The van der Waals surface area contributed by atoms with Gasteiger partial charge < -0.3 is 5.11 Å². The number of nitrogens with zero attached hydrogens (tertiary/aromatic N) is 3. The Hall–Kier alpha value is -1.23. The molecular formula is C25H39N3O2. The summed E-state index contributed by atoms with van der Waals surface area (Å²) in [5, 5.41) is 19.2. The predicted octanol–water partition coefficient (Wildman–Crippen LogP) is 4.82. The Balaban J connectivity index is 1.37. The third kappa shape index (κ3) is 2.94. The van der Waals surface area contributed by atoms with E-state index in [0.29, 0.717) is 23.0 Å². The Morgan fingerprint density at radius 3 is 2.40 bits per heavy atom. The fourth-order valence-electron chi connectivity index (χ4n) is 8.73. The normalized spacial score (nSPS) is 49.0. The SMILES string of the molecule is CC(C(=O)[C@H]1CC[C@H]2[C@@H]3CC[C@H]4C[C@](C)(O)CC[C@]4(C)[C@H]3CC[C@]12C)n1nccn1. The highest BCUT2D eigenvalue weighted by molar-refractivity contribution is 5.85. The van der Waals surface area contributed by atoms with Gasteiger partial charge in [-0.25, -0.2) is 0 Å². The molecule has 5 heteroatoms. The lowest BCUT2D eigenvalue weighted by molar-refractivity contribution is -0.151. The molecule has 0 spiro atoms. The second-order valence-electron chi connectivity index (χ2n) is 12.0. The van der Waals surface area contributed by atoms with E-state index in [4.69, 9.17) is 0 Å². The fourth-order valence-corrected chi connectivity index (χ4v) is 8.73. The lowest BCUT2D eigenvalue weighted by atomic mass is 9.44. The molecule has 0 radical (unpaired) electrons. The van der Waals surface area contributed by atoms with Crippen molar-refractivity contribution < 1.29 is 9.90 Å². The molecule has 4 aliphatic rings. The third-order valence-corrected chi connectivity index (χ3v) is 10.5. The quantitative estimate of drug-likeness (QED) is 0.771. The topological polar surface area (TPSA) is 68.0 Å². The van der Waals surface area contributed by atoms with Crippen LogP contribution in [-0.2, 0) is 4.79 Å². The van der Waals surface area contributed by atoms with Crippen molar-refractivity contribution in [3.63, 3.8) is 0 Å². The molecular weight excluding hydrogens is 374 g/mol. The van der Waals surface area contributed by atoms with Crippen LogP contribution in [0.2, 0.25) is 0 Å². The molecule has 0 saturated heterocycles. The van der Waals surface area contributed by atoms with E-state index in [-0.39, 0.29) is 17.4 Å². The molecule has 5 rings (SSSR count). The molecule has 1 aromatic rings. The van der Waals surface area contributed by atoms with Crippen molar-refractivity contribution in [3.05, 3.63) is 12.4 Å². The summed E-state index contributed by atoms with van der Waals surface area (Å²) in [6.07, 6.45) is 13.6. The number of aromatic nitrogens is 3. The van der Waals surface area contributed by atoms with Gasteiger partial charge in [-0.2, -0.15) is 15.0 Å². The molecule has 5 nitrogen and oxygen atoms in total. The molecule has 1 heterocycles. The molecule has 1 N–H and O–H groups in total. The number of aliphatic hydroxyl groups is 1. The number of hydrogen-bond donors (Lipinski definition) is 1. The zero-order chi connectivity index (χ0) is 21.3. The largest absolute Gasteiger partial charge is 0.390 e. The first-order chi connectivity index (χ1) is 14.2. The first-order valence-corrected chi connectivity index (χ1v) is 12.3. The molecule has 30 heavy (non-hydrogen) atoms. The molecule has 4 aliphatic carbocycles. The Kier molecular flexibility index (Phi) is 4.74. The van der Waals surface area contributed by atoms with Crippen LogP contribution in [0.25, 0.3) is 0 Å². The summed E-state index contributed by atoms with van der Waals surface area (Å²) < 4.78 is 0. The van der Waals surface area contributed by atoms with Crippen molar-refractivity contribution >= 4 is 5.78 Å². The van der Waals surface area contributed by atoms with E-state index in [1.165, 1.54) is 38.5 Å². The van der Waals surface area contributed by atoms with Crippen LogP contribution in [0.15, 0.2) is 12.4 Å². The van der Waals surface area contributed by atoms with E-state index < -0.39 is 5.60 Å². The Morgan fingerprint density at radius 1 is 0.967 bits per heavy atom. The van der Waals surface area contributed by atoms with Gasteiger partial charge in [0.05, 0.1) is 18.0 Å². The standard InChI is InChI=1S/C25H39N3O2/c1-16(28-26-13-14-27-28)22(29)21-8-7-19-18-6-5-17-15-23(2,30)11-12-24(17,3)20(18)9-10-25(19,21)4/h13-14,16-21,30H,5-12,15H2,1-4H3/t16?,17-,18-,19-,20-,21+,23+,24-,25-/m0/s1. The van der Waals surface area contributed by atoms with Gasteiger partial charge in [0.2, 0.25) is 0 Å². The zero-order valence-electron chi connectivity index (χ0n) is 19.2. The number of carbonyl (C=O) groups excluding carboxylic acids is 1. The number of carbonyl (C=O) groups is 1. The lowest BCUT2D eigenvalue weighted by Crippen LogP contribution is -2.55. The molecule has 4 saturated carbocycles. The van der Waals surface area contributed by atoms with E-state index in [1.54, 1.807) is 17.2 Å². The number of ketones is 1. The molecule has 9 atom stereocenters. The Morgan fingerprint density at radius 2 is 1.67 bits per heavy atom. The summed E-state index contributed by atoms with van der Waals surface area (Å²) in [5.41, 5.74) is 0.0333. The fraction of sp³-hybridized carbons (Fsp3) is 0.880. The van der Waals surface area contributed by atoms with Crippen LogP contribution in [0, 0.1) is 40.4 Å². The van der Waals surface area contributed by atoms with Gasteiger partial charge in [-0.1, -0.05) is 13.8 Å². The van der Waals surface area contributed by atoms with Crippen molar-refractivity contribution in [1.29, 1.82) is 0 Å². The molecule has 4 fully saturated rings. The maximum Gasteiger partial charge on any atom is 0.162 e. The summed E-state index contributed by atoms with van der Waals surface area (Å²) in [6.45, 7) is 8.96. The minimum Gasteiger partial charge on any atom is -0.390 e. The van der Waals surface area contributed by atoms with Gasteiger partial charge in [-0.3, -0.25) is 4.79 Å². The average Bonchev–Trinajstić information content (AvgIpc) is 3.35. The zero-order valence-corrected chi connectivity index (χ0v) is 19.2. The third-order valence-electron chi connectivity index (χ3n) is 10.5. The van der Waals surface area contributed by atoms with Crippen LogP contribution in [0.3, 0.4) is 0 Å². The average molecular weight is 414 g/mol. The Labute approximate surface area is 181 Å². The van der Waals surface area contributed by atoms with Crippen molar-refractivity contribution in [1.82, 2.24) is 15.0 Å². The number of fused-ring (bicyclic) bond motifs is 5. The number of hydrogen-bond acceptors (Lipinski definition) is 4. The molecule has 0 aromatic carbocycles. The smallest absolute Gasteiger partial charge is 0.162 e.